The number of carbonyl (C=O) groups is 2. The van der Waals surface area contributed by atoms with Gasteiger partial charge in [0.25, 0.3) is 0 Å². The highest BCUT2D eigenvalue weighted by atomic mass is 35.5. The van der Waals surface area contributed by atoms with E-state index in [1.54, 1.807) is 24.3 Å². The van der Waals surface area contributed by atoms with Crippen molar-refractivity contribution in [3.63, 3.8) is 0 Å². The molecule has 110 valence electrons. The van der Waals surface area contributed by atoms with Crippen molar-refractivity contribution in [2.24, 2.45) is 0 Å². The van der Waals surface area contributed by atoms with E-state index >= 15 is 0 Å². The standard InChI is InChI=1S/C15H20ClNO3/c1-2-3-4-5-6-10-20-15(19)14(18)17-13-9-7-8-12(16)11-13/h7-9,11H,2-6,10H2,1H3,(H,17,18). The highest BCUT2D eigenvalue weighted by molar-refractivity contribution is 6.37. The number of hydrogen-bond acceptors (Lipinski definition) is 3. The molecule has 1 N–H and O–H groups in total. The third-order valence-corrected chi connectivity index (χ3v) is 2.98. The molecule has 0 radical (unpaired) electrons. The van der Waals surface area contributed by atoms with Gasteiger partial charge in [0.15, 0.2) is 0 Å². The zero-order valence-electron chi connectivity index (χ0n) is 11.7. The van der Waals surface area contributed by atoms with Gasteiger partial charge in [0.1, 0.15) is 0 Å². The lowest BCUT2D eigenvalue weighted by molar-refractivity contribution is -0.152. The van der Waals surface area contributed by atoms with Crippen LogP contribution >= 0.6 is 11.6 Å². The van der Waals surface area contributed by atoms with Crippen LogP contribution in [0.25, 0.3) is 0 Å². The molecule has 0 spiro atoms. The Hall–Kier alpha value is -1.55. The van der Waals surface area contributed by atoms with Crippen molar-refractivity contribution >= 4 is 29.2 Å². The van der Waals surface area contributed by atoms with Gasteiger partial charge in [0.05, 0.1) is 6.61 Å². The van der Waals surface area contributed by atoms with Crippen molar-refractivity contribution in [1.82, 2.24) is 0 Å². The maximum atomic E-state index is 11.6. The van der Waals surface area contributed by atoms with Crippen molar-refractivity contribution in [2.75, 3.05) is 11.9 Å². The lowest BCUT2D eigenvalue weighted by atomic mass is 10.2. The van der Waals surface area contributed by atoms with E-state index in [-0.39, 0.29) is 6.61 Å². The molecule has 0 fully saturated rings. The lowest BCUT2D eigenvalue weighted by Gasteiger charge is -2.06. The molecule has 0 aromatic heterocycles. The second-order valence-corrected chi connectivity index (χ2v) is 4.95. The predicted molar refractivity (Wildman–Crippen MR) is 79.8 cm³/mol. The molecule has 4 nitrogen and oxygen atoms in total. The van der Waals surface area contributed by atoms with E-state index in [9.17, 15) is 9.59 Å². The van der Waals surface area contributed by atoms with Crippen LogP contribution in [0.3, 0.4) is 0 Å². The Morgan fingerprint density at radius 2 is 1.95 bits per heavy atom. The molecular weight excluding hydrogens is 278 g/mol. The van der Waals surface area contributed by atoms with Gasteiger partial charge in [-0.3, -0.25) is 4.79 Å². The number of ether oxygens (including phenoxy) is 1. The summed E-state index contributed by atoms with van der Waals surface area (Å²) in [4.78, 5) is 23.0. The fraction of sp³-hybridized carbons (Fsp3) is 0.467. The largest absolute Gasteiger partial charge is 0.459 e. The number of amides is 1. The molecule has 5 heteroatoms. The molecule has 0 heterocycles. The number of benzene rings is 1. The van der Waals surface area contributed by atoms with Crippen LogP contribution in [0.5, 0.6) is 0 Å². The van der Waals surface area contributed by atoms with Crippen LogP contribution in [-0.4, -0.2) is 18.5 Å². The molecule has 20 heavy (non-hydrogen) atoms. The van der Waals surface area contributed by atoms with E-state index in [1.165, 1.54) is 12.8 Å². The fourth-order valence-electron chi connectivity index (χ4n) is 1.68. The Labute approximate surface area is 124 Å². The SMILES string of the molecule is CCCCCCCOC(=O)C(=O)Nc1cccc(Cl)c1. The molecular formula is C15H20ClNO3. The summed E-state index contributed by atoms with van der Waals surface area (Å²) in [5.74, 6) is -1.64. The minimum atomic E-state index is -0.861. The molecule has 1 rings (SSSR count). The number of unbranched alkanes of at least 4 members (excludes halogenated alkanes) is 4. The van der Waals surface area contributed by atoms with E-state index in [0.29, 0.717) is 10.7 Å². The summed E-state index contributed by atoms with van der Waals surface area (Å²) in [5, 5.41) is 2.94. The first-order valence-electron chi connectivity index (χ1n) is 6.87. The smallest absolute Gasteiger partial charge is 0.397 e. The summed E-state index contributed by atoms with van der Waals surface area (Å²) in [5.41, 5.74) is 0.474. The molecule has 0 unspecified atom stereocenters. The minimum absolute atomic E-state index is 0.283. The van der Waals surface area contributed by atoms with Gasteiger partial charge >= 0.3 is 11.9 Å². The molecule has 1 amide bonds. The zero-order valence-corrected chi connectivity index (χ0v) is 12.4. The summed E-state index contributed by atoms with van der Waals surface area (Å²) in [6.45, 7) is 2.42. The first-order valence-corrected chi connectivity index (χ1v) is 7.25. The number of esters is 1. The van der Waals surface area contributed by atoms with Crippen LogP contribution in [0, 0.1) is 0 Å². The predicted octanol–water partition coefficient (Wildman–Crippen LogP) is 3.79. The average molecular weight is 298 g/mol. The number of nitrogens with one attached hydrogen (secondary N) is 1. The molecule has 0 aliphatic rings. The molecule has 0 aliphatic heterocycles. The summed E-state index contributed by atoms with van der Waals surface area (Å²) < 4.78 is 4.90. The summed E-state index contributed by atoms with van der Waals surface area (Å²) in [6, 6.07) is 6.60. The average Bonchev–Trinajstić information content (AvgIpc) is 2.42. The number of hydrogen-bond donors (Lipinski definition) is 1. The third kappa shape index (κ3) is 6.57. The zero-order chi connectivity index (χ0) is 14.8. The van der Waals surface area contributed by atoms with Crippen molar-refractivity contribution in [3.8, 4) is 0 Å². The normalized spacial score (nSPS) is 10.1. The van der Waals surface area contributed by atoms with Crippen LogP contribution in [0.2, 0.25) is 5.02 Å². The van der Waals surface area contributed by atoms with Crippen LogP contribution < -0.4 is 5.32 Å². The van der Waals surface area contributed by atoms with Gasteiger partial charge in [-0.15, -0.1) is 0 Å². The molecule has 0 aliphatic carbocycles. The molecule has 0 saturated heterocycles. The number of carbonyl (C=O) groups excluding carboxylic acids is 2. The van der Waals surface area contributed by atoms with Crippen LogP contribution in [0.1, 0.15) is 39.0 Å². The number of anilines is 1. The van der Waals surface area contributed by atoms with Crippen molar-refractivity contribution < 1.29 is 14.3 Å². The monoisotopic (exact) mass is 297 g/mol. The second-order valence-electron chi connectivity index (χ2n) is 4.51. The Morgan fingerprint density at radius 3 is 2.65 bits per heavy atom. The van der Waals surface area contributed by atoms with Gasteiger partial charge in [0, 0.05) is 10.7 Å². The highest BCUT2D eigenvalue weighted by Gasteiger charge is 2.15. The molecule has 1 aromatic rings. The van der Waals surface area contributed by atoms with Crippen molar-refractivity contribution in [3.05, 3.63) is 29.3 Å². The van der Waals surface area contributed by atoms with Crippen LogP contribution in [0.4, 0.5) is 5.69 Å². The Morgan fingerprint density at radius 1 is 1.20 bits per heavy atom. The van der Waals surface area contributed by atoms with Crippen LogP contribution in [-0.2, 0) is 14.3 Å². The quantitative estimate of drug-likeness (QED) is 0.473. The molecule has 0 atom stereocenters. The van der Waals surface area contributed by atoms with Gasteiger partial charge in [-0.1, -0.05) is 50.3 Å². The van der Waals surface area contributed by atoms with Crippen molar-refractivity contribution in [2.45, 2.75) is 39.0 Å². The first kappa shape index (κ1) is 16.5. The second kappa shape index (κ2) is 9.37. The maximum absolute atomic E-state index is 11.6. The summed E-state index contributed by atoms with van der Waals surface area (Å²) >= 11 is 5.78. The van der Waals surface area contributed by atoms with E-state index in [0.717, 1.165) is 19.3 Å². The van der Waals surface area contributed by atoms with Gasteiger partial charge in [-0.05, 0) is 24.6 Å². The highest BCUT2D eigenvalue weighted by Crippen LogP contribution is 2.14. The van der Waals surface area contributed by atoms with E-state index in [4.69, 9.17) is 16.3 Å². The third-order valence-electron chi connectivity index (χ3n) is 2.75. The van der Waals surface area contributed by atoms with Crippen LogP contribution in [0.15, 0.2) is 24.3 Å². The lowest BCUT2D eigenvalue weighted by Crippen LogP contribution is -2.25. The van der Waals surface area contributed by atoms with Gasteiger partial charge < -0.3 is 10.1 Å². The summed E-state index contributed by atoms with van der Waals surface area (Å²) in [7, 11) is 0. The fourth-order valence-corrected chi connectivity index (χ4v) is 1.87. The molecule has 0 bridgehead atoms. The van der Waals surface area contributed by atoms with E-state index in [1.807, 2.05) is 0 Å². The van der Waals surface area contributed by atoms with Crippen molar-refractivity contribution in [1.29, 1.82) is 0 Å². The van der Waals surface area contributed by atoms with Gasteiger partial charge in [-0.2, -0.15) is 0 Å². The van der Waals surface area contributed by atoms with Gasteiger partial charge in [0.2, 0.25) is 0 Å². The minimum Gasteiger partial charge on any atom is -0.459 e. The maximum Gasteiger partial charge on any atom is 0.397 e. The first-order chi connectivity index (χ1) is 9.63. The molecule has 1 aromatic carbocycles. The summed E-state index contributed by atoms with van der Waals surface area (Å²) in [6.07, 6.45) is 5.28. The number of rotatable bonds is 7. The number of halogens is 1. The van der Waals surface area contributed by atoms with E-state index < -0.39 is 11.9 Å². The van der Waals surface area contributed by atoms with E-state index in [2.05, 4.69) is 12.2 Å². The Kier molecular flexibility index (Phi) is 7.73. The topological polar surface area (TPSA) is 55.4 Å². The Bertz CT molecular complexity index is 448. The Balaban J connectivity index is 2.24. The van der Waals surface area contributed by atoms with Gasteiger partial charge in [-0.25, -0.2) is 4.79 Å². The molecule has 0 saturated carbocycles.